The van der Waals surface area contributed by atoms with E-state index in [9.17, 15) is 9.18 Å². The van der Waals surface area contributed by atoms with Crippen LogP contribution in [-0.4, -0.2) is 11.5 Å². The number of ketones is 1. The third kappa shape index (κ3) is 3.20. The number of hydrogen-bond acceptors (Lipinski definition) is 2. The summed E-state index contributed by atoms with van der Waals surface area (Å²) in [5.41, 5.74) is 0.590. The molecule has 0 aliphatic rings. The van der Waals surface area contributed by atoms with Gasteiger partial charge in [0.05, 0.1) is 5.56 Å². The van der Waals surface area contributed by atoms with Crippen LogP contribution < -0.4 is 0 Å². The minimum Gasteiger partial charge on any atom is -0.294 e. The molecule has 0 saturated carbocycles. The molecule has 15 heavy (non-hydrogen) atoms. The van der Waals surface area contributed by atoms with Crippen LogP contribution in [0.1, 0.15) is 29.3 Å². The summed E-state index contributed by atoms with van der Waals surface area (Å²) in [5.74, 6) is 0.0298. The van der Waals surface area contributed by atoms with Crippen LogP contribution in [0.4, 0.5) is 4.39 Å². The molecule has 0 atom stereocenters. The lowest BCUT2D eigenvalue weighted by atomic mass is 10.1. The maximum atomic E-state index is 13.7. The molecule has 0 N–H and O–H groups in total. The Morgan fingerprint density at radius 1 is 1.53 bits per heavy atom. The van der Waals surface area contributed by atoms with E-state index in [1.807, 2.05) is 6.08 Å². The number of benzene rings is 1. The van der Waals surface area contributed by atoms with Crippen molar-refractivity contribution in [3.63, 3.8) is 0 Å². The third-order valence-corrected chi connectivity index (χ3v) is 2.26. The Hall–Kier alpha value is -1.09. The monoisotopic (exact) mass is 224 g/mol. The lowest BCUT2D eigenvalue weighted by molar-refractivity contribution is 0.101. The normalized spacial score (nSPS) is 10.9. The van der Waals surface area contributed by atoms with Crippen molar-refractivity contribution < 1.29 is 9.18 Å². The molecule has 1 nitrogen and oxygen atoms in total. The van der Waals surface area contributed by atoms with E-state index >= 15 is 0 Å². The number of carbonyl (C=O) groups is 1. The summed E-state index contributed by atoms with van der Waals surface area (Å²) in [7, 11) is 0. The van der Waals surface area contributed by atoms with E-state index in [1.54, 1.807) is 18.2 Å². The molecule has 0 heterocycles. The number of carbonyl (C=O) groups excluding carboxylic acids is 1. The quantitative estimate of drug-likeness (QED) is 0.613. The van der Waals surface area contributed by atoms with Gasteiger partial charge in [-0.3, -0.25) is 4.79 Å². The number of allylic oxidation sites excluding steroid dienone is 1. The molecule has 3 heteroatoms. The topological polar surface area (TPSA) is 17.1 Å². The molecule has 0 aliphatic heterocycles. The van der Waals surface area contributed by atoms with Gasteiger partial charge in [-0.2, -0.15) is 12.6 Å². The van der Waals surface area contributed by atoms with Gasteiger partial charge in [-0.1, -0.05) is 24.3 Å². The van der Waals surface area contributed by atoms with Crippen LogP contribution in [0.3, 0.4) is 0 Å². The van der Waals surface area contributed by atoms with Crippen molar-refractivity contribution in [2.24, 2.45) is 0 Å². The summed E-state index contributed by atoms with van der Waals surface area (Å²) in [5, 5.41) is 0. The molecule has 0 fully saturated rings. The zero-order chi connectivity index (χ0) is 11.3. The summed E-state index contributed by atoms with van der Waals surface area (Å²) in [6.45, 7) is 1.36. The van der Waals surface area contributed by atoms with Crippen molar-refractivity contribution in [3.05, 3.63) is 41.2 Å². The molecule has 1 aromatic rings. The second-order valence-corrected chi connectivity index (χ2v) is 3.63. The Balaban J connectivity index is 2.99. The first kappa shape index (κ1) is 12.0. The molecule has 0 aromatic heterocycles. The van der Waals surface area contributed by atoms with Crippen LogP contribution in [0, 0.1) is 5.82 Å². The van der Waals surface area contributed by atoms with Crippen molar-refractivity contribution in [1.82, 2.24) is 0 Å². The molecule has 0 spiro atoms. The molecular formula is C12H13FOS. The zero-order valence-electron chi connectivity index (χ0n) is 8.53. The van der Waals surface area contributed by atoms with Gasteiger partial charge >= 0.3 is 0 Å². The van der Waals surface area contributed by atoms with Crippen molar-refractivity contribution in [3.8, 4) is 0 Å². The van der Waals surface area contributed by atoms with Gasteiger partial charge in [-0.05, 0) is 25.2 Å². The van der Waals surface area contributed by atoms with Crippen LogP contribution in [0.15, 0.2) is 24.3 Å². The summed E-state index contributed by atoms with van der Waals surface area (Å²) < 4.78 is 13.7. The predicted octanol–water partition coefficient (Wildman–Crippen LogP) is 3.36. The molecule has 0 unspecified atom stereocenters. The highest BCUT2D eigenvalue weighted by molar-refractivity contribution is 7.80. The largest absolute Gasteiger partial charge is 0.294 e. The number of thiol groups is 1. The van der Waals surface area contributed by atoms with Gasteiger partial charge in [0.15, 0.2) is 5.78 Å². The predicted molar refractivity (Wildman–Crippen MR) is 63.9 cm³/mol. The highest BCUT2D eigenvalue weighted by atomic mass is 32.1. The van der Waals surface area contributed by atoms with Gasteiger partial charge in [-0.15, -0.1) is 0 Å². The second-order valence-electron chi connectivity index (χ2n) is 3.18. The fourth-order valence-corrected chi connectivity index (χ4v) is 1.38. The Labute approximate surface area is 94.4 Å². The van der Waals surface area contributed by atoms with Crippen molar-refractivity contribution in [2.45, 2.75) is 13.3 Å². The Morgan fingerprint density at radius 3 is 2.87 bits per heavy atom. The Morgan fingerprint density at radius 2 is 2.27 bits per heavy atom. The zero-order valence-corrected chi connectivity index (χ0v) is 9.43. The molecular weight excluding hydrogens is 211 g/mol. The number of Topliss-reactive ketones (excluding diaryl/α,β-unsaturated/α-hetero) is 1. The van der Waals surface area contributed by atoms with Crippen LogP contribution in [0.25, 0.3) is 6.08 Å². The Kier molecular flexibility index (Phi) is 4.56. The minimum absolute atomic E-state index is 0.142. The van der Waals surface area contributed by atoms with Crippen molar-refractivity contribution in [2.75, 3.05) is 5.75 Å². The summed E-state index contributed by atoms with van der Waals surface area (Å²) in [6.07, 6.45) is 4.31. The molecule has 0 radical (unpaired) electrons. The first-order valence-corrected chi connectivity index (χ1v) is 5.37. The lowest BCUT2D eigenvalue weighted by Gasteiger charge is -2.01. The van der Waals surface area contributed by atoms with E-state index in [1.165, 1.54) is 13.0 Å². The van der Waals surface area contributed by atoms with E-state index in [-0.39, 0.29) is 11.3 Å². The van der Waals surface area contributed by atoms with Gasteiger partial charge in [0.1, 0.15) is 5.82 Å². The molecule has 0 aliphatic carbocycles. The molecule has 80 valence electrons. The van der Waals surface area contributed by atoms with Gasteiger partial charge in [-0.25, -0.2) is 4.39 Å². The first-order chi connectivity index (χ1) is 7.16. The highest BCUT2D eigenvalue weighted by Crippen LogP contribution is 2.15. The third-order valence-electron chi connectivity index (χ3n) is 2.00. The van der Waals surface area contributed by atoms with Crippen LogP contribution in [-0.2, 0) is 0 Å². The highest BCUT2D eigenvalue weighted by Gasteiger charge is 2.08. The van der Waals surface area contributed by atoms with E-state index in [4.69, 9.17) is 0 Å². The van der Waals surface area contributed by atoms with Gasteiger partial charge in [0.2, 0.25) is 0 Å². The average molecular weight is 224 g/mol. The maximum absolute atomic E-state index is 13.7. The fourth-order valence-electron chi connectivity index (χ4n) is 1.24. The van der Waals surface area contributed by atoms with Gasteiger partial charge in [0.25, 0.3) is 0 Å². The molecule has 0 amide bonds. The minimum atomic E-state index is -0.444. The van der Waals surface area contributed by atoms with Crippen LogP contribution in [0.5, 0.6) is 0 Å². The molecule has 1 aromatic carbocycles. The van der Waals surface area contributed by atoms with E-state index < -0.39 is 5.82 Å². The van der Waals surface area contributed by atoms with Crippen molar-refractivity contribution in [1.29, 1.82) is 0 Å². The number of rotatable bonds is 4. The van der Waals surface area contributed by atoms with Crippen LogP contribution in [0.2, 0.25) is 0 Å². The maximum Gasteiger partial charge on any atom is 0.162 e. The molecule has 1 rings (SSSR count). The number of hydrogen-bond donors (Lipinski definition) is 1. The molecule has 0 saturated heterocycles. The Bertz CT molecular complexity index is 385. The first-order valence-electron chi connectivity index (χ1n) is 4.73. The second kappa shape index (κ2) is 5.71. The average Bonchev–Trinajstić information content (AvgIpc) is 2.20. The summed E-state index contributed by atoms with van der Waals surface area (Å²) in [6, 6.07) is 4.82. The summed E-state index contributed by atoms with van der Waals surface area (Å²) in [4.78, 5) is 11.1. The van der Waals surface area contributed by atoms with Gasteiger partial charge < -0.3 is 0 Å². The lowest BCUT2D eigenvalue weighted by Crippen LogP contribution is -1.98. The SMILES string of the molecule is CC(=O)c1cccc(C=CCCS)c1F. The van der Waals surface area contributed by atoms with E-state index in [2.05, 4.69) is 12.6 Å². The fraction of sp³-hybridized carbons (Fsp3) is 0.250. The van der Waals surface area contributed by atoms with E-state index in [0.29, 0.717) is 5.56 Å². The summed E-state index contributed by atoms with van der Waals surface area (Å²) >= 11 is 4.05. The standard InChI is InChI=1S/C12H13FOS/c1-9(14)11-7-4-6-10(12(11)13)5-2-3-8-15/h2,4-7,15H,3,8H2,1H3. The van der Waals surface area contributed by atoms with Crippen molar-refractivity contribution >= 4 is 24.5 Å². The molecule has 0 bridgehead atoms. The van der Waals surface area contributed by atoms with E-state index in [0.717, 1.165) is 12.2 Å². The van der Waals surface area contributed by atoms with Gasteiger partial charge in [0, 0.05) is 5.56 Å². The number of halogens is 1. The smallest absolute Gasteiger partial charge is 0.162 e. The van der Waals surface area contributed by atoms with Crippen LogP contribution >= 0.6 is 12.6 Å².